The van der Waals surface area contributed by atoms with Crippen LogP contribution in [0.25, 0.3) is 0 Å². The van der Waals surface area contributed by atoms with E-state index < -0.39 is 9.84 Å². The molecule has 8 nitrogen and oxygen atoms in total. The van der Waals surface area contributed by atoms with E-state index in [2.05, 4.69) is 20.5 Å². The summed E-state index contributed by atoms with van der Waals surface area (Å²) in [7, 11) is -3.70. The summed E-state index contributed by atoms with van der Waals surface area (Å²) in [4.78, 5) is 0.343. The topological polar surface area (TPSA) is 102 Å². The maximum absolute atomic E-state index is 13.1. The van der Waals surface area contributed by atoms with Crippen molar-refractivity contribution >= 4 is 21.2 Å². The number of sulfone groups is 1. The van der Waals surface area contributed by atoms with Crippen LogP contribution < -0.4 is 9.47 Å². The lowest BCUT2D eigenvalue weighted by molar-refractivity contribution is 0.336. The van der Waals surface area contributed by atoms with E-state index in [9.17, 15) is 8.42 Å². The number of azo groups is 2. The van der Waals surface area contributed by atoms with Crippen molar-refractivity contribution in [2.45, 2.75) is 36.7 Å². The van der Waals surface area contributed by atoms with Gasteiger partial charge in [-0.15, -0.1) is 0 Å². The number of nitrogens with zero attached hydrogens (tertiary/aromatic N) is 4. The molecule has 4 rings (SSSR count). The van der Waals surface area contributed by atoms with Crippen LogP contribution in [0.1, 0.15) is 25.0 Å². The van der Waals surface area contributed by atoms with Crippen molar-refractivity contribution < 1.29 is 17.9 Å². The van der Waals surface area contributed by atoms with Gasteiger partial charge in [0.2, 0.25) is 9.84 Å². The Morgan fingerprint density at radius 1 is 0.564 bits per heavy atom. The van der Waals surface area contributed by atoms with Crippen LogP contribution >= 0.6 is 0 Å². The molecule has 200 valence electrons. The van der Waals surface area contributed by atoms with Gasteiger partial charge in [0.1, 0.15) is 11.5 Å². The van der Waals surface area contributed by atoms with Crippen LogP contribution in [-0.4, -0.2) is 21.6 Å². The number of benzene rings is 4. The van der Waals surface area contributed by atoms with Crippen LogP contribution in [0.15, 0.2) is 127 Å². The first-order chi connectivity index (χ1) is 19.0. The Bertz CT molecular complexity index is 1420. The average molecular weight is 543 g/mol. The zero-order valence-corrected chi connectivity index (χ0v) is 22.7. The van der Waals surface area contributed by atoms with Crippen LogP contribution in [0.5, 0.6) is 11.5 Å². The zero-order valence-electron chi connectivity index (χ0n) is 21.9. The number of rotatable bonds is 12. The summed E-state index contributed by atoms with van der Waals surface area (Å²) in [5.74, 6) is 1.56. The monoisotopic (exact) mass is 542 g/mol. The molecule has 0 aliphatic carbocycles. The summed E-state index contributed by atoms with van der Waals surface area (Å²) in [5, 5.41) is 16.9. The van der Waals surface area contributed by atoms with Crippen LogP contribution in [0, 0.1) is 0 Å². The quantitative estimate of drug-likeness (QED) is 0.170. The molecule has 0 saturated carbocycles. The molecule has 0 bridgehead atoms. The van der Waals surface area contributed by atoms with E-state index in [-0.39, 0.29) is 9.79 Å². The van der Waals surface area contributed by atoms with Gasteiger partial charge in [0, 0.05) is 11.1 Å². The molecule has 0 saturated heterocycles. The molecule has 4 aromatic carbocycles. The van der Waals surface area contributed by atoms with Crippen LogP contribution in [0.2, 0.25) is 0 Å². The summed E-state index contributed by atoms with van der Waals surface area (Å²) in [6.07, 6.45) is 0. The Labute approximate surface area is 229 Å². The number of hydrogen-bond donors (Lipinski definition) is 0. The molecule has 0 unspecified atom stereocenters. The van der Waals surface area contributed by atoms with Gasteiger partial charge in [0.25, 0.3) is 0 Å². The molecule has 0 heterocycles. The van der Waals surface area contributed by atoms with Crippen molar-refractivity contribution in [3.05, 3.63) is 108 Å². The van der Waals surface area contributed by atoms with Crippen molar-refractivity contribution in [3.63, 3.8) is 0 Å². The third-order valence-electron chi connectivity index (χ3n) is 5.69. The highest BCUT2D eigenvalue weighted by atomic mass is 32.2. The Balaban J connectivity index is 1.39. The van der Waals surface area contributed by atoms with Crippen molar-refractivity contribution in [1.82, 2.24) is 0 Å². The third kappa shape index (κ3) is 7.36. The minimum Gasteiger partial charge on any atom is -0.494 e. The van der Waals surface area contributed by atoms with Gasteiger partial charge in [-0.2, -0.15) is 20.5 Å². The minimum absolute atomic E-state index is 0.171. The Morgan fingerprint density at radius 2 is 0.949 bits per heavy atom. The Morgan fingerprint density at radius 3 is 1.33 bits per heavy atom. The lowest BCUT2D eigenvalue weighted by atomic mass is 10.2. The van der Waals surface area contributed by atoms with Gasteiger partial charge in [-0.25, -0.2) is 8.42 Å². The molecule has 0 aliphatic rings. The highest BCUT2D eigenvalue weighted by molar-refractivity contribution is 7.91. The fourth-order valence-corrected chi connectivity index (χ4v) is 5.03. The normalized spacial score (nSPS) is 11.7. The fraction of sp³-hybridized carbons (Fsp3) is 0.200. The predicted octanol–water partition coefficient (Wildman–Crippen LogP) is 7.88. The van der Waals surface area contributed by atoms with Crippen LogP contribution in [0.3, 0.4) is 0 Å². The van der Waals surface area contributed by atoms with E-state index in [0.717, 1.165) is 22.6 Å². The third-order valence-corrected chi connectivity index (χ3v) is 7.48. The number of ether oxygens (including phenoxy) is 2. The molecular formula is C30H30N4O4S. The SMILES string of the molecule is CCOc1ccccc1CN=Nc1ccc(S(=O)(=O)c2ccc(N=NCc3ccccc3OCC)cc2)cc1. The Hall–Kier alpha value is -4.37. The second-order valence-electron chi connectivity index (χ2n) is 8.37. The summed E-state index contributed by atoms with van der Waals surface area (Å²) in [5.41, 5.74) is 2.98. The van der Waals surface area contributed by atoms with E-state index >= 15 is 0 Å². The van der Waals surface area contributed by atoms with Gasteiger partial charge >= 0.3 is 0 Å². The van der Waals surface area contributed by atoms with E-state index in [1.807, 2.05) is 62.4 Å². The molecule has 9 heteroatoms. The number of hydrogen-bond acceptors (Lipinski definition) is 8. The molecule has 0 aliphatic heterocycles. The first-order valence-electron chi connectivity index (χ1n) is 12.6. The van der Waals surface area contributed by atoms with Crippen LogP contribution in [-0.2, 0) is 22.9 Å². The van der Waals surface area contributed by atoms with E-state index in [4.69, 9.17) is 9.47 Å². The molecule has 0 fully saturated rings. The molecule has 0 radical (unpaired) electrons. The molecular weight excluding hydrogens is 512 g/mol. The highest BCUT2D eigenvalue weighted by Gasteiger charge is 2.17. The van der Waals surface area contributed by atoms with Gasteiger partial charge in [-0.05, 0) is 74.5 Å². The summed E-state index contributed by atoms with van der Waals surface area (Å²) < 4.78 is 37.4. The molecule has 0 aromatic heterocycles. The van der Waals surface area contributed by atoms with Gasteiger partial charge in [-0.1, -0.05) is 36.4 Å². The fourth-order valence-electron chi connectivity index (χ4n) is 3.77. The van der Waals surface area contributed by atoms with Crippen molar-refractivity contribution in [2.75, 3.05) is 13.2 Å². The number of para-hydroxylation sites is 2. The minimum atomic E-state index is -3.70. The molecule has 39 heavy (non-hydrogen) atoms. The molecule has 4 aromatic rings. The van der Waals surface area contributed by atoms with Crippen LogP contribution in [0.4, 0.5) is 11.4 Å². The zero-order chi connectivity index (χ0) is 27.5. The largest absolute Gasteiger partial charge is 0.494 e. The summed E-state index contributed by atoms with van der Waals surface area (Å²) >= 11 is 0. The van der Waals surface area contributed by atoms with Gasteiger partial charge in [0.15, 0.2) is 0 Å². The predicted molar refractivity (Wildman–Crippen MR) is 150 cm³/mol. The van der Waals surface area contributed by atoms with Gasteiger partial charge < -0.3 is 9.47 Å². The van der Waals surface area contributed by atoms with E-state index in [1.165, 1.54) is 24.3 Å². The Kier molecular flexibility index (Phi) is 9.53. The molecule has 0 atom stereocenters. The van der Waals surface area contributed by atoms with Crippen molar-refractivity contribution in [2.24, 2.45) is 20.5 Å². The standard InChI is InChI=1S/C30H30N4O4S/c1-3-37-29-11-7-5-9-23(29)21-31-33-25-13-17-27(18-14-25)39(35,36)28-19-15-26(16-20-28)34-32-22-24-10-6-8-12-30(24)38-4-2/h5-20H,3-4,21-22H2,1-2H3. The maximum atomic E-state index is 13.1. The molecule has 0 spiro atoms. The second-order valence-corrected chi connectivity index (χ2v) is 10.3. The van der Waals surface area contributed by atoms with E-state index in [0.29, 0.717) is 37.7 Å². The summed E-state index contributed by atoms with van der Waals surface area (Å²) in [6, 6.07) is 28.0. The van der Waals surface area contributed by atoms with Crippen molar-refractivity contribution in [3.8, 4) is 11.5 Å². The molecule has 0 amide bonds. The maximum Gasteiger partial charge on any atom is 0.206 e. The highest BCUT2D eigenvalue weighted by Crippen LogP contribution is 2.26. The average Bonchev–Trinajstić information content (AvgIpc) is 2.96. The molecule has 0 N–H and O–H groups in total. The smallest absolute Gasteiger partial charge is 0.206 e. The van der Waals surface area contributed by atoms with E-state index in [1.54, 1.807) is 24.3 Å². The van der Waals surface area contributed by atoms with Gasteiger partial charge in [-0.3, -0.25) is 0 Å². The first kappa shape index (κ1) is 27.7. The lowest BCUT2D eigenvalue weighted by Gasteiger charge is -2.07. The van der Waals surface area contributed by atoms with Crippen molar-refractivity contribution in [1.29, 1.82) is 0 Å². The second kappa shape index (κ2) is 13.4. The van der Waals surface area contributed by atoms with Gasteiger partial charge in [0.05, 0.1) is 47.5 Å². The lowest BCUT2D eigenvalue weighted by Crippen LogP contribution is -2.01. The first-order valence-corrected chi connectivity index (χ1v) is 14.1. The summed E-state index contributed by atoms with van der Waals surface area (Å²) in [6.45, 7) is 5.72.